The molecule has 4 rings (SSSR count). The molecule has 0 aliphatic rings. The molecule has 0 unspecified atom stereocenters. The molecule has 4 aromatic carbocycles. The Morgan fingerprint density at radius 1 is 0.810 bits per heavy atom. The summed E-state index contributed by atoms with van der Waals surface area (Å²) in [6.45, 7) is -0.384. The number of aliphatic hydroxyl groups is 1. The molecule has 0 fully saturated rings. The number of methoxy groups -OCH3 is 1. The quantitative estimate of drug-likeness (QED) is 0.269. The molecule has 222 valence electrons. The van der Waals surface area contributed by atoms with Gasteiger partial charge in [-0.15, -0.1) is 0 Å². The van der Waals surface area contributed by atoms with Crippen LogP contribution in [0.2, 0.25) is 0 Å². The maximum absolute atomic E-state index is 12.9. The van der Waals surface area contributed by atoms with E-state index in [2.05, 4.69) is 9.46 Å². The van der Waals surface area contributed by atoms with Crippen LogP contribution in [0.1, 0.15) is 21.5 Å². The van der Waals surface area contributed by atoms with Crippen LogP contribution in [0, 0.1) is 11.6 Å². The van der Waals surface area contributed by atoms with Crippen LogP contribution in [0.15, 0.2) is 107 Å². The lowest BCUT2D eigenvalue weighted by atomic mass is 10.2. The zero-order valence-electron chi connectivity index (χ0n) is 22.6. The molecule has 9 nitrogen and oxygen atoms in total. The monoisotopic (exact) mass is 618 g/mol. The summed E-state index contributed by atoms with van der Waals surface area (Å²) in [6, 6.07) is 22.6. The van der Waals surface area contributed by atoms with E-state index in [-0.39, 0.29) is 28.5 Å². The maximum atomic E-state index is 12.9. The van der Waals surface area contributed by atoms with E-state index in [1.54, 1.807) is 24.3 Å². The third kappa shape index (κ3) is 7.97. The number of sulfonamides is 2. The summed E-state index contributed by atoms with van der Waals surface area (Å²) in [6.07, 6.45) is 0. The van der Waals surface area contributed by atoms with Crippen molar-refractivity contribution in [3.05, 3.63) is 125 Å². The summed E-state index contributed by atoms with van der Waals surface area (Å²) in [5.74, 6) is -1.57. The molecule has 0 radical (unpaired) electrons. The van der Waals surface area contributed by atoms with Crippen LogP contribution in [0.5, 0.6) is 0 Å². The van der Waals surface area contributed by atoms with Gasteiger partial charge in [0, 0.05) is 13.6 Å². The molecule has 0 heterocycles. The number of nitrogens with zero attached hydrogens (tertiary/aromatic N) is 1. The number of carbonyl (C=O) groups is 1. The van der Waals surface area contributed by atoms with E-state index in [0.717, 1.165) is 4.31 Å². The highest BCUT2D eigenvalue weighted by molar-refractivity contribution is 7.92. The van der Waals surface area contributed by atoms with Gasteiger partial charge in [0.05, 0.1) is 34.8 Å². The van der Waals surface area contributed by atoms with Crippen molar-refractivity contribution in [1.29, 1.82) is 0 Å². The number of anilines is 1. The first-order chi connectivity index (χ1) is 19.9. The van der Waals surface area contributed by atoms with Crippen LogP contribution in [-0.4, -0.2) is 42.1 Å². The van der Waals surface area contributed by atoms with Crippen molar-refractivity contribution in [3.63, 3.8) is 0 Å². The number of ether oxygens (including phenoxy) is 1. The van der Waals surface area contributed by atoms with Gasteiger partial charge in [-0.1, -0.05) is 42.5 Å². The van der Waals surface area contributed by atoms with E-state index in [4.69, 9.17) is 0 Å². The average molecular weight is 619 g/mol. The summed E-state index contributed by atoms with van der Waals surface area (Å²) in [5, 5.41) is 9.24. The summed E-state index contributed by atoms with van der Waals surface area (Å²) < 4.78 is 83.4. The number of hydrogen-bond acceptors (Lipinski definition) is 7. The van der Waals surface area contributed by atoms with Crippen molar-refractivity contribution in [1.82, 2.24) is 4.72 Å². The Kier molecular flexibility index (Phi) is 10.9. The lowest BCUT2D eigenvalue weighted by molar-refractivity contribution is 0.0596. The van der Waals surface area contributed by atoms with Crippen molar-refractivity contribution in [2.75, 3.05) is 18.5 Å². The fourth-order valence-corrected chi connectivity index (χ4v) is 6.28. The molecule has 0 aromatic heterocycles. The van der Waals surface area contributed by atoms with Crippen LogP contribution in [0.3, 0.4) is 0 Å². The van der Waals surface area contributed by atoms with Crippen molar-refractivity contribution < 1.29 is 40.3 Å². The van der Waals surface area contributed by atoms with E-state index >= 15 is 0 Å². The Morgan fingerprint density at radius 3 is 1.90 bits per heavy atom. The van der Waals surface area contributed by atoms with Crippen molar-refractivity contribution >= 4 is 31.7 Å². The highest BCUT2D eigenvalue weighted by atomic mass is 32.2. The van der Waals surface area contributed by atoms with Crippen LogP contribution in [-0.2, 0) is 37.9 Å². The van der Waals surface area contributed by atoms with Crippen LogP contribution in [0.4, 0.5) is 14.5 Å². The Hall–Kier alpha value is -4.17. The van der Waals surface area contributed by atoms with E-state index in [0.29, 0.717) is 16.8 Å². The first kappa shape index (κ1) is 32.3. The predicted molar refractivity (Wildman–Crippen MR) is 153 cm³/mol. The van der Waals surface area contributed by atoms with Crippen molar-refractivity contribution in [2.45, 2.75) is 22.9 Å². The average Bonchev–Trinajstić information content (AvgIpc) is 3.00. The minimum atomic E-state index is -3.90. The van der Waals surface area contributed by atoms with Crippen LogP contribution in [0.25, 0.3) is 0 Å². The first-order valence-corrected chi connectivity index (χ1v) is 15.2. The number of aliphatic hydroxyl groups excluding tert-OH is 1. The van der Waals surface area contributed by atoms with Crippen LogP contribution >= 0.6 is 0 Å². The van der Waals surface area contributed by atoms with Gasteiger partial charge in [0.25, 0.3) is 10.0 Å². The lowest BCUT2D eigenvalue weighted by Gasteiger charge is -2.20. The molecule has 2 N–H and O–H groups in total. The van der Waals surface area contributed by atoms with Crippen LogP contribution < -0.4 is 9.03 Å². The third-order valence-corrected chi connectivity index (χ3v) is 9.28. The first-order valence-electron chi connectivity index (χ1n) is 12.3. The molecule has 0 saturated heterocycles. The number of nitrogens with one attached hydrogen (secondary N) is 1. The molecule has 0 saturated carbocycles. The predicted octanol–water partition coefficient (Wildman–Crippen LogP) is 4.23. The van der Waals surface area contributed by atoms with Gasteiger partial charge in [-0.05, 0) is 65.7 Å². The minimum Gasteiger partial charge on any atom is -0.465 e. The summed E-state index contributed by atoms with van der Waals surface area (Å²) >= 11 is 0. The molecule has 13 heteroatoms. The van der Waals surface area contributed by atoms with Crippen molar-refractivity contribution in [3.8, 4) is 0 Å². The van der Waals surface area contributed by atoms with Gasteiger partial charge < -0.3 is 9.84 Å². The molecule has 42 heavy (non-hydrogen) atoms. The Morgan fingerprint density at radius 2 is 1.33 bits per heavy atom. The van der Waals surface area contributed by atoms with E-state index in [1.807, 2.05) is 0 Å². The van der Waals surface area contributed by atoms with Gasteiger partial charge in [-0.3, -0.25) is 4.31 Å². The van der Waals surface area contributed by atoms with E-state index in [9.17, 15) is 35.5 Å². The molecule has 0 bridgehead atoms. The zero-order chi connectivity index (χ0) is 30.9. The van der Waals surface area contributed by atoms with Gasteiger partial charge in [0.2, 0.25) is 10.0 Å². The number of halogens is 2. The van der Waals surface area contributed by atoms with Gasteiger partial charge in [0.15, 0.2) is 0 Å². The molecular weight excluding hydrogens is 590 g/mol. The smallest absolute Gasteiger partial charge is 0.339 e. The minimum absolute atomic E-state index is 0.0158. The summed E-state index contributed by atoms with van der Waals surface area (Å²) in [7, 11) is -5.13. The third-order valence-electron chi connectivity index (χ3n) is 5.93. The molecule has 0 aliphatic carbocycles. The molecule has 0 spiro atoms. The molecule has 0 atom stereocenters. The normalized spacial score (nSPS) is 11.3. The number of benzene rings is 4. The second kappa shape index (κ2) is 14.1. The standard InChI is InChI=1S/C15H14FNO4S.C14H14FNO3S/c1-21-15(18)13-4-2-3-5-14(13)22(19,20)17-10-11-6-8-12(16)9-7-11;1-16(13-8-6-12(15)7-9-13)20(18,19)14-5-3-2-4-11(14)10-17/h2-9,17H,10H2,1H3;2-9,17H,10H2,1H3. The topological polar surface area (TPSA) is 130 Å². The molecule has 4 aromatic rings. The van der Waals surface area contributed by atoms with Crippen molar-refractivity contribution in [2.24, 2.45) is 0 Å². The highest BCUT2D eigenvalue weighted by Gasteiger charge is 2.24. The van der Waals surface area contributed by atoms with Gasteiger partial charge >= 0.3 is 5.97 Å². The molecule has 0 amide bonds. The second-order valence-electron chi connectivity index (χ2n) is 8.65. The summed E-state index contributed by atoms with van der Waals surface area (Å²) in [5.41, 5.74) is 1.22. The Bertz CT molecular complexity index is 1730. The molecule has 0 aliphatic heterocycles. The highest BCUT2D eigenvalue weighted by Crippen LogP contribution is 2.24. The van der Waals surface area contributed by atoms with E-state index in [1.165, 1.54) is 87.0 Å². The fraction of sp³-hybridized carbons (Fsp3) is 0.138. The summed E-state index contributed by atoms with van der Waals surface area (Å²) in [4.78, 5) is 11.5. The zero-order valence-corrected chi connectivity index (χ0v) is 24.2. The number of rotatable bonds is 9. The maximum Gasteiger partial charge on any atom is 0.339 e. The SMILES string of the molecule is CN(c1ccc(F)cc1)S(=O)(=O)c1ccccc1CO.COC(=O)c1ccccc1S(=O)(=O)NCc1ccc(F)cc1. The Balaban J connectivity index is 0.000000231. The fourth-order valence-electron chi connectivity index (χ4n) is 3.66. The second-order valence-corrected chi connectivity index (χ2v) is 12.3. The number of hydrogen-bond donors (Lipinski definition) is 2. The number of carbonyl (C=O) groups excluding carboxylic acids is 1. The van der Waals surface area contributed by atoms with Gasteiger partial charge in [-0.25, -0.2) is 35.1 Å². The van der Waals surface area contributed by atoms with E-state index < -0.39 is 37.7 Å². The number of esters is 1. The lowest BCUT2D eigenvalue weighted by Crippen LogP contribution is -2.27. The van der Waals surface area contributed by atoms with Gasteiger partial charge in [0.1, 0.15) is 11.6 Å². The van der Waals surface area contributed by atoms with Gasteiger partial charge in [-0.2, -0.15) is 0 Å². The Labute approximate surface area is 243 Å². The largest absolute Gasteiger partial charge is 0.465 e. The molecular formula is C29H28F2N2O7S2.